The van der Waals surface area contributed by atoms with Gasteiger partial charge in [-0.1, -0.05) is 24.3 Å². The van der Waals surface area contributed by atoms with Gasteiger partial charge in [0, 0.05) is 32.0 Å². The van der Waals surface area contributed by atoms with Crippen molar-refractivity contribution in [2.45, 2.75) is 19.8 Å². The van der Waals surface area contributed by atoms with E-state index < -0.39 is 0 Å². The largest absolute Gasteiger partial charge is 0.396 e. The van der Waals surface area contributed by atoms with Crippen LogP contribution in [0, 0.1) is 12.8 Å². The van der Waals surface area contributed by atoms with E-state index in [1.807, 2.05) is 17.0 Å². The lowest BCUT2D eigenvalue weighted by atomic mass is 9.99. The number of rotatable bonds is 4. The van der Waals surface area contributed by atoms with Crippen LogP contribution in [0.25, 0.3) is 0 Å². The third-order valence-corrected chi connectivity index (χ3v) is 3.44. The van der Waals surface area contributed by atoms with Crippen molar-refractivity contribution in [3.63, 3.8) is 0 Å². The summed E-state index contributed by atoms with van der Waals surface area (Å²) in [5, 5.41) is 8.89. The Labute approximate surface area is 102 Å². The normalized spacial score (nSPS) is 15.8. The van der Waals surface area contributed by atoms with Crippen molar-refractivity contribution < 1.29 is 9.90 Å². The molecule has 3 nitrogen and oxygen atoms in total. The van der Waals surface area contributed by atoms with Crippen molar-refractivity contribution in [2.24, 2.45) is 5.92 Å². The Balaban J connectivity index is 1.79. The minimum Gasteiger partial charge on any atom is -0.396 e. The van der Waals surface area contributed by atoms with E-state index in [1.165, 1.54) is 11.1 Å². The highest BCUT2D eigenvalue weighted by Gasteiger charge is 2.29. The number of aliphatic hydroxyl groups is 1. The van der Waals surface area contributed by atoms with E-state index in [0.717, 1.165) is 19.5 Å². The summed E-state index contributed by atoms with van der Waals surface area (Å²) in [6.07, 6.45) is 1.38. The first-order valence-corrected chi connectivity index (χ1v) is 6.14. The minimum atomic E-state index is 0.196. The highest BCUT2D eigenvalue weighted by Crippen LogP contribution is 2.17. The van der Waals surface area contributed by atoms with Crippen LogP contribution in [0.2, 0.25) is 0 Å². The van der Waals surface area contributed by atoms with Crippen molar-refractivity contribution in [1.29, 1.82) is 0 Å². The highest BCUT2D eigenvalue weighted by molar-refractivity contribution is 5.77. The summed E-state index contributed by atoms with van der Waals surface area (Å²) in [6, 6.07) is 8.18. The predicted octanol–water partition coefficient (Wildman–Crippen LogP) is 1.38. The molecule has 1 heterocycles. The number of likely N-dealkylation sites (tertiary alicyclic amines) is 1. The van der Waals surface area contributed by atoms with Crippen LogP contribution in [0.4, 0.5) is 0 Å². The molecule has 1 saturated heterocycles. The molecule has 2 rings (SSSR count). The van der Waals surface area contributed by atoms with Gasteiger partial charge in [0.15, 0.2) is 0 Å². The van der Waals surface area contributed by atoms with Crippen LogP contribution in [0.1, 0.15) is 17.5 Å². The molecule has 0 radical (unpaired) electrons. The Kier molecular flexibility index (Phi) is 3.79. The Morgan fingerprint density at radius 2 is 2.12 bits per heavy atom. The SMILES string of the molecule is Cc1ccccc1CCC(=O)N1CC(CO)C1. The lowest BCUT2D eigenvalue weighted by Gasteiger charge is -2.38. The van der Waals surface area contributed by atoms with E-state index in [0.29, 0.717) is 12.3 Å². The minimum absolute atomic E-state index is 0.196. The van der Waals surface area contributed by atoms with Crippen LogP contribution in [0.3, 0.4) is 0 Å². The fourth-order valence-electron chi connectivity index (χ4n) is 2.18. The van der Waals surface area contributed by atoms with Crippen LogP contribution in [-0.2, 0) is 11.2 Å². The van der Waals surface area contributed by atoms with Crippen molar-refractivity contribution in [1.82, 2.24) is 4.90 Å². The van der Waals surface area contributed by atoms with Crippen LogP contribution >= 0.6 is 0 Å². The summed E-state index contributed by atoms with van der Waals surface area (Å²) in [7, 11) is 0. The molecule has 0 unspecified atom stereocenters. The molecule has 1 fully saturated rings. The van der Waals surface area contributed by atoms with Gasteiger partial charge in [0.05, 0.1) is 0 Å². The Morgan fingerprint density at radius 1 is 1.41 bits per heavy atom. The number of aliphatic hydroxyl groups excluding tert-OH is 1. The number of hydrogen-bond acceptors (Lipinski definition) is 2. The topological polar surface area (TPSA) is 40.5 Å². The van der Waals surface area contributed by atoms with Crippen LogP contribution in [-0.4, -0.2) is 35.6 Å². The van der Waals surface area contributed by atoms with Gasteiger partial charge in [-0.25, -0.2) is 0 Å². The predicted molar refractivity (Wildman–Crippen MR) is 66.7 cm³/mol. The van der Waals surface area contributed by atoms with Crippen molar-refractivity contribution >= 4 is 5.91 Å². The van der Waals surface area contributed by atoms with Crippen molar-refractivity contribution in [2.75, 3.05) is 19.7 Å². The van der Waals surface area contributed by atoms with Gasteiger partial charge in [-0.15, -0.1) is 0 Å². The van der Waals surface area contributed by atoms with Crippen LogP contribution in [0.15, 0.2) is 24.3 Å². The molecule has 1 aliphatic rings. The summed E-state index contributed by atoms with van der Waals surface area (Å²) < 4.78 is 0. The maximum Gasteiger partial charge on any atom is 0.222 e. The summed E-state index contributed by atoms with van der Waals surface area (Å²) in [4.78, 5) is 13.6. The molecule has 0 atom stereocenters. The maximum absolute atomic E-state index is 11.8. The van der Waals surface area contributed by atoms with Gasteiger partial charge < -0.3 is 10.0 Å². The van der Waals surface area contributed by atoms with Gasteiger partial charge in [0.25, 0.3) is 0 Å². The molecule has 0 bridgehead atoms. The molecule has 1 aromatic rings. The molecule has 1 amide bonds. The third kappa shape index (κ3) is 2.86. The second kappa shape index (κ2) is 5.32. The van der Waals surface area contributed by atoms with Gasteiger partial charge in [0.2, 0.25) is 5.91 Å². The maximum atomic E-state index is 11.8. The average molecular weight is 233 g/mol. The van der Waals surface area contributed by atoms with Gasteiger partial charge in [0.1, 0.15) is 0 Å². The highest BCUT2D eigenvalue weighted by atomic mass is 16.3. The number of amides is 1. The smallest absolute Gasteiger partial charge is 0.222 e. The van der Waals surface area contributed by atoms with E-state index >= 15 is 0 Å². The first kappa shape index (κ1) is 12.1. The summed E-state index contributed by atoms with van der Waals surface area (Å²) >= 11 is 0. The second-order valence-corrected chi connectivity index (χ2v) is 4.77. The molecular weight excluding hydrogens is 214 g/mol. The van der Waals surface area contributed by atoms with Crippen molar-refractivity contribution in [3.05, 3.63) is 35.4 Å². The quantitative estimate of drug-likeness (QED) is 0.853. The number of aryl methyl sites for hydroxylation is 2. The molecule has 1 aromatic carbocycles. The molecule has 1 aliphatic heterocycles. The number of hydrogen-bond donors (Lipinski definition) is 1. The number of benzene rings is 1. The number of nitrogens with zero attached hydrogens (tertiary/aromatic N) is 1. The number of carbonyl (C=O) groups is 1. The Bertz CT molecular complexity index is 397. The first-order chi connectivity index (χ1) is 8.20. The average Bonchev–Trinajstić information content (AvgIpc) is 2.26. The fraction of sp³-hybridized carbons (Fsp3) is 0.500. The van der Waals surface area contributed by atoms with E-state index in [2.05, 4.69) is 19.1 Å². The van der Waals surface area contributed by atoms with Gasteiger partial charge in [-0.2, -0.15) is 0 Å². The third-order valence-electron chi connectivity index (χ3n) is 3.44. The van der Waals surface area contributed by atoms with Gasteiger partial charge in [-0.3, -0.25) is 4.79 Å². The first-order valence-electron chi connectivity index (χ1n) is 6.14. The van der Waals surface area contributed by atoms with E-state index in [4.69, 9.17) is 5.11 Å². The zero-order valence-electron chi connectivity index (χ0n) is 10.2. The molecule has 17 heavy (non-hydrogen) atoms. The summed E-state index contributed by atoms with van der Waals surface area (Å²) in [5.74, 6) is 0.510. The molecule has 0 spiro atoms. The van der Waals surface area contributed by atoms with E-state index in [-0.39, 0.29) is 12.5 Å². The Hall–Kier alpha value is -1.35. The lowest BCUT2D eigenvalue weighted by Crippen LogP contribution is -2.51. The molecule has 1 N–H and O–H groups in total. The van der Waals surface area contributed by atoms with E-state index in [1.54, 1.807) is 0 Å². The van der Waals surface area contributed by atoms with Gasteiger partial charge in [-0.05, 0) is 24.5 Å². The fourth-order valence-corrected chi connectivity index (χ4v) is 2.18. The zero-order valence-corrected chi connectivity index (χ0v) is 10.2. The number of carbonyl (C=O) groups excluding carboxylic acids is 1. The molecule has 3 heteroatoms. The molecular formula is C14H19NO2. The second-order valence-electron chi connectivity index (χ2n) is 4.77. The van der Waals surface area contributed by atoms with Crippen molar-refractivity contribution in [3.8, 4) is 0 Å². The molecule has 0 saturated carbocycles. The van der Waals surface area contributed by atoms with Crippen LogP contribution in [0.5, 0.6) is 0 Å². The van der Waals surface area contributed by atoms with E-state index in [9.17, 15) is 4.79 Å². The van der Waals surface area contributed by atoms with Gasteiger partial charge >= 0.3 is 0 Å². The summed E-state index contributed by atoms with van der Waals surface area (Å²) in [6.45, 7) is 3.72. The molecule has 0 aliphatic carbocycles. The molecule has 0 aromatic heterocycles. The monoisotopic (exact) mass is 233 g/mol. The summed E-state index contributed by atoms with van der Waals surface area (Å²) in [5.41, 5.74) is 2.50. The molecule has 92 valence electrons. The van der Waals surface area contributed by atoms with Crippen LogP contribution < -0.4 is 0 Å². The Morgan fingerprint density at radius 3 is 2.76 bits per heavy atom. The zero-order chi connectivity index (χ0) is 12.3. The standard InChI is InChI=1S/C14H19NO2/c1-11-4-2-3-5-13(11)6-7-14(17)15-8-12(9-15)10-16/h2-5,12,16H,6-10H2,1H3. The lowest BCUT2D eigenvalue weighted by molar-refractivity contribution is -0.138.